The van der Waals surface area contributed by atoms with E-state index >= 15 is 0 Å². The Morgan fingerprint density at radius 3 is 1.20 bits per heavy atom. The van der Waals surface area contributed by atoms with E-state index in [2.05, 4.69) is 24.8 Å². The van der Waals surface area contributed by atoms with E-state index in [1.54, 1.807) is 5.53 Å². The number of rotatable bonds is 0. The molecule has 5 N–H and O–H groups in total. The fourth-order valence-corrected chi connectivity index (χ4v) is 0. The van der Waals surface area contributed by atoms with Crippen molar-refractivity contribution < 1.29 is 0 Å². The predicted molar refractivity (Wildman–Crippen MR) is 22.8 cm³/mol. The predicted octanol–water partition coefficient (Wildman–Crippen LogP) is -0.874. The van der Waals surface area contributed by atoms with Gasteiger partial charge in [0.25, 0.3) is 0 Å². The van der Waals surface area contributed by atoms with Crippen LogP contribution in [0.3, 0.4) is 0 Å². The summed E-state index contributed by atoms with van der Waals surface area (Å²) in [6, 6.07) is 0. The van der Waals surface area contributed by atoms with Gasteiger partial charge < -0.3 is 0 Å². The van der Waals surface area contributed by atoms with Gasteiger partial charge in [0.1, 0.15) is 0 Å². The Labute approximate surface area is 31.6 Å². The van der Waals surface area contributed by atoms with Crippen LogP contribution in [-0.2, 0) is 0 Å². The van der Waals surface area contributed by atoms with Gasteiger partial charge in [0.2, 0.25) is 0 Å². The number of hydrogen-bond acceptors (Lipinski definition) is 3. The highest BCUT2D eigenvalue weighted by atomic mass is 15.4. The molecule has 0 saturated heterocycles. The monoisotopic (exact) mass is 75.1 g/mol. The number of nitrogens with one attached hydrogen (secondary N) is 1. The smallest absolute Gasteiger partial charge is 0.106 e. The third-order valence-electron chi connectivity index (χ3n) is 0. The minimum atomic E-state index is 1.75. The maximum Gasteiger partial charge on any atom is -0.106 e. The molecular formula is C2H9N3. The van der Waals surface area contributed by atoms with E-state index < -0.39 is 0 Å². The van der Waals surface area contributed by atoms with Crippen molar-refractivity contribution in [3.8, 4) is 0 Å². The van der Waals surface area contributed by atoms with E-state index in [9.17, 15) is 0 Å². The van der Waals surface area contributed by atoms with Crippen LogP contribution in [-0.4, -0.2) is 0 Å². The summed E-state index contributed by atoms with van der Waals surface area (Å²) < 4.78 is 0. The fourth-order valence-electron chi connectivity index (χ4n) is 0. The van der Waals surface area contributed by atoms with E-state index in [4.69, 9.17) is 0 Å². The third-order valence-corrected chi connectivity index (χ3v) is 0. The third kappa shape index (κ3) is 65.8. The molecule has 3 heteroatoms. The van der Waals surface area contributed by atoms with E-state index in [0.717, 1.165) is 0 Å². The summed E-state index contributed by atoms with van der Waals surface area (Å²) in [4.78, 5) is 0. The van der Waals surface area contributed by atoms with Crippen molar-refractivity contribution in [2.24, 2.45) is 11.7 Å². The highest BCUT2D eigenvalue weighted by molar-refractivity contribution is 4.22. The van der Waals surface area contributed by atoms with Gasteiger partial charge in [-0.05, 0) is 0 Å². The van der Waals surface area contributed by atoms with Crippen molar-refractivity contribution in [1.82, 2.24) is 5.53 Å². The van der Waals surface area contributed by atoms with E-state index in [1.807, 2.05) is 0 Å². The maximum atomic E-state index is 4.38. The molecule has 0 rings (SSSR count). The molecule has 0 spiro atoms. The molecule has 5 heavy (non-hydrogen) atoms. The molecule has 0 aromatic rings. The molecule has 0 radical (unpaired) electrons. The van der Waals surface area contributed by atoms with E-state index in [-0.39, 0.29) is 0 Å². The second-order valence-corrected chi connectivity index (χ2v) is 0.167. The van der Waals surface area contributed by atoms with E-state index in [0.29, 0.717) is 0 Å². The van der Waals surface area contributed by atoms with Gasteiger partial charge in [-0.15, -0.1) is 13.2 Å². The molecule has 0 bridgehead atoms. The van der Waals surface area contributed by atoms with Crippen molar-refractivity contribution in [2.75, 3.05) is 0 Å². The van der Waals surface area contributed by atoms with Gasteiger partial charge in [0, 0.05) is 0 Å². The van der Waals surface area contributed by atoms with Crippen molar-refractivity contribution in [2.45, 2.75) is 0 Å². The Balaban J connectivity index is 0. The highest BCUT2D eigenvalue weighted by Gasteiger charge is 1.19. The molecule has 0 atom stereocenters. The maximum absolute atomic E-state index is 4.38. The molecule has 0 amide bonds. The van der Waals surface area contributed by atoms with Crippen molar-refractivity contribution >= 4 is 0 Å². The van der Waals surface area contributed by atoms with Crippen molar-refractivity contribution in [1.29, 1.82) is 0 Å². The fraction of sp³-hybridized carbons (Fsp3) is 0. The van der Waals surface area contributed by atoms with E-state index in [1.165, 1.54) is 0 Å². The first kappa shape index (κ1) is 8.82. The van der Waals surface area contributed by atoms with Crippen LogP contribution < -0.4 is 17.2 Å². The first-order valence-electron chi connectivity index (χ1n) is 1.08. The molecule has 0 heterocycles. The largest absolute Gasteiger partial charge is 0.258 e. The van der Waals surface area contributed by atoms with Crippen LogP contribution in [0.4, 0.5) is 0 Å². The van der Waals surface area contributed by atoms with Crippen molar-refractivity contribution in [3.05, 3.63) is 13.2 Å². The molecule has 0 saturated carbocycles. The lowest BCUT2D eigenvalue weighted by Crippen LogP contribution is -2.29. The molecule has 0 aromatic carbocycles. The van der Waals surface area contributed by atoms with Crippen LogP contribution in [0.1, 0.15) is 0 Å². The minimum Gasteiger partial charge on any atom is -0.258 e. The zero-order valence-electron chi connectivity index (χ0n) is 3.07. The molecule has 0 aliphatic heterocycles. The highest BCUT2D eigenvalue weighted by Crippen LogP contribution is 0.862. The molecule has 3 nitrogen and oxygen atoms in total. The molecular weight excluding hydrogens is 66.0 g/mol. The van der Waals surface area contributed by atoms with Gasteiger partial charge >= 0.3 is 0 Å². The summed E-state index contributed by atoms with van der Waals surface area (Å²) in [5.74, 6) is 8.75. The van der Waals surface area contributed by atoms with Crippen LogP contribution in [0.5, 0.6) is 0 Å². The second kappa shape index (κ2) is 64.6. The van der Waals surface area contributed by atoms with Crippen LogP contribution >= 0.6 is 0 Å². The number of hydrazine groups is 2. The minimum absolute atomic E-state index is 1.75. The Hall–Kier alpha value is -0.380. The summed E-state index contributed by atoms with van der Waals surface area (Å²) in [6.07, 6.45) is 0. The first-order chi connectivity index (χ1) is 2.41. The molecule has 0 unspecified atom stereocenters. The Bertz CT molecular complexity index is 8.85. The molecule has 0 aliphatic carbocycles. The van der Waals surface area contributed by atoms with Gasteiger partial charge in [0.05, 0.1) is 0 Å². The van der Waals surface area contributed by atoms with Gasteiger partial charge in [-0.2, -0.15) is 5.53 Å². The van der Waals surface area contributed by atoms with Gasteiger partial charge in [0.15, 0.2) is 0 Å². The topological polar surface area (TPSA) is 64.1 Å². The van der Waals surface area contributed by atoms with Crippen LogP contribution in [0.25, 0.3) is 0 Å². The summed E-state index contributed by atoms with van der Waals surface area (Å²) in [5.41, 5.74) is 1.75. The average molecular weight is 75.1 g/mol. The molecule has 0 aliphatic rings. The van der Waals surface area contributed by atoms with Gasteiger partial charge in [-0.25, -0.2) is 0 Å². The summed E-state index contributed by atoms with van der Waals surface area (Å²) in [6.45, 7) is 6.00. The molecule has 32 valence electrons. The van der Waals surface area contributed by atoms with Gasteiger partial charge in [-0.3, -0.25) is 11.7 Å². The van der Waals surface area contributed by atoms with Crippen LogP contribution in [0.15, 0.2) is 13.2 Å². The lowest BCUT2D eigenvalue weighted by atomic mass is 11.3. The summed E-state index contributed by atoms with van der Waals surface area (Å²) in [5, 5.41) is 0. The number of hydrogen-bond donors (Lipinski definition) is 3. The SMILES string of the molecule is C=C.NNN. The lowest BCUT2D eigenvalue weighted by molar-refractivity contribution is 0.803. The van der Waals surface area contributed by atoms with Crippen molar-refractivity contribution in [3.63, 3.8) is 0 Å². The summed E-state index contributed by atoms with van der Waals surface area (Å²) in [7, 11) is 0. The zero-order valence-corrected chi connectivity index (χ0v) is 3.07. The Kier molecular flexibility index (Phi) is 114. The van der Waals surface area contributed by atoms with Gasteiger partial charge in [-0.1, -0.05) is 0 Å². The zero-order chi connectivity index (χ0) is 4.71. The second-order valence-electron chi connectivity index (χ2n) is 0.167. The number of nitrogens with two attached hydrogens (primary N) is 2. The lowest BCUT2D eigenvalue weighted by Gasteiger charge is -1.64. The Morgan fingerprint density at radius 2 is 1.20 bits per heavy atom. The van der Waals surface area contributed by atoms with Crippen LogP contribution in [0, 0.1) is 0 Å². The quantitative estimate of drug-likeness (QED) is 0.199. The summed E-state index contributed by atoms with van der Waals surface area (Å²) >= 11 is 0. The molecule has 0 fully saturated rings. The average Bonchev–Trinajstić information content (AvgIpc) is 1.46. The standard InChI is InChI=1S/C2H4.H5N3/c1-2;1-3-2/h1-2H2;3H,1-2H2. The normalized spacial score (nSPS) is 4.40. The van der Waals surface area contributed by atoms with Crippen LogP contribution in [0.2, 0.25) is 0 Å². The molecule has 0 aromatic heterocycles. The Morgan fingerprint density at radius 1 is 1.20 bits per heavy atom. The first-order valence-corrected chi connectivity index (χ1v) is 1.08.